The lowest BCUT2D eigenvalue weighted by atomic mass is 9.96. The maximum Gasteiger partial charge on any atom is 0.227 e. The Hall–Kier alpha value is -2.67. The van der Waals surface area contributed by atoms with E-state index in [1.807, 2.05) is 24.4 Å². The second kappa shape index (κ2) is 9.86. The average Bonchev–Trinajstić information content (AvgIpc) is 3.22. The van der Waals surface area contributed by atoms with Gasteiger partial charge >= 0.3 is 0 Å². The molecule has 1 aromatic heterocycles. The van der Waals surface area contributed by atoms with Gasteiger partial charge in [-0.2, -0.15) is 4.98 Å². The van der Waals surface area contributed by atoms with Gasteiger partial charge in [-0.05, 0) is 50.5 Å². The summed E-state index contributed by atoms with van der Waals surface area (Å²) < 4.78 is 11.9. The zero-order chi connectivity index (χ0) is 22.7. The third kappa shape index (κ3) is 5.21. The number of anilines is 2. The van der Waals surface area contributed by atoms with Gasteiger partial charge in [-0.3, -0.25) is 0 Å². The monoisotopic (exact) mass is 438 g/mol. The molecule has 172 valence electrons. The van der Waals surface area contributed by atoms with E-state index < -0.39 is 0 Å². The van der Waals surface area contributed by atoms with Crippen molar-refractivity contribution < 1.29 is 14.3 Å². The van der Waals surface area contributed by atoms with Crippen LogP contribution in [0, 0.1) is 0 Å². The molecule has 2 saturated heterocycles. The van der Waals surface area contributed by atoms with Crippen LogP contribution in [0.15, 0.2) is 36.5 Å². The predicted molar refractivity (Wildman–Crippen MR) is 126 cm³/mol. The van der Waals surface area contributed by atoms with Crippen molar-refractivity contribution in [2.75, 3.05) is 36.1 Å². The molecule has 7 nitrogen and oxygen atoms in total. The van der Waals surface area contributed by atoms with Crippen molar-refractivity contribution in [3.05, 3.63) is 42.1 Å². The molecule has 0 unspecified atom stereocenters. The number of hydrogen-bond donors (Lipinski definition) is 0. The van der Waals surface area contributed by atoms with E-state index in [0.29, 0.717) is 19.6 Å². The van der Waals surface area contributed by atoms with Crippen molar-refractivity contribution in [3.63, 3.8) is 0 Å². The Bertz CT molecular complexity index is 910. The fourth-order valence-electron chi connectivity index (χ4n) is 4.69. The van der Waals surface area contributed by atoms with Gasteiger partial charge in [0.05, 0.1) is 31.8 Å². The quantitative estimate of drug-likeness (QED) is 0.651. The molecule has 4 rings (SSSR count). The molecule has 2 aliphatic rings. The van der Waals surface area contributed by atoms with Crippen molar-refractivity contribution in [2.45, 2.75) is 64.6 Å². The van der Waals surface area contributed by atoms with Gasteiger partial charge in [0.2, 0.25) is 5.95 Å². The van der Waals surface area contributed by atoms with Gasteiger partial charge in [-0.15, -0.1) is 0 Å². The lowest BCUT2D eigenvalue weighted by molar-refractivity contribution is -0.117. The van der Waals surface area contributed by atoms with Gasteiger partial charge in [-0.25, -0.2) is 4.98 Å². The molecule has 0 radical (unpaired) electrons. The van der Waals surface area contributed by atoms with E-state index in [1.54, 1.807) is 6.92 Å². The maximum atomic E-state index is 11.4. The predicted octanol–water partition coefficient (Wildman–Crippen LogP) is 3.83. The van der Waals surface area contributed by atoms with Crippen molar-refractivity contribution in [1.82, 2.24) is 9.97 Å². The SMILES string of the molecule is CC(=O)C[C@@H](C)c1ccc(O[C@@H]2CCN(c3ccnc(N4[C@H](C)COC[C@H]4C)n3)C2)cc1. The van der Waals surface area contributed by atoms with Gasteiger partial charge in [0, 0.05) is 25.6 Å². The summed E-state index contributed by atoms with van der Waals surface area (Å²) in [4.78, 5) is 25.3. The minimum Gasteiger partial charge on any atom is -0.489 e. The Morgan fingerprint density at radius 2 is 1.91 bits per heavy atom. The molecule has 0 bridgehead atoms. The molecule has 0 aliphatic carbocycles. The average molecular weight is 439 g/mol. The van der Waals surface area contributed by atoms with Crippen molar-refractivity contribution in [3.8, 4) is 5.75 Å². The highest BCUT2D eigenvalue weighted by Crippen LogP contribution is 2.27. The van der Waals surface area contributed by atoms with Crippen LogP contribution in [0.3, 0.4) is 0 Å². The summed E-state index contributed by atoms with van der Waals surface area (Å²) in [5.74, 6) is 3.03. The molecule has 2 aliphatic heterocycles. The van der Waals surface area contributed by atoms with Crippen LogP contribution in [0.25, 0.3) is 0 Å². The summed E-state index contributed by atoms with van der Waals surface area (Å²) in [5, 5.41) is 0. The van der Waals surface area contributed by atoms with Crippen LogP contribution in [0.1, 0.15) is 52.0 Å². The number of carbonyl (C=O) groups excluding carboxylic acids is 1. The van der Waals surface area contributed by atoms with Gasteiger partial charge < -0.3 is 24.1 Å². The van der Waals surface area contributed by atoms with Crippen LogP contribution in [0.5, 0.6) is 5.75 Å². The summed E-state index contributed by atoms with van der Waals surface area (Å²) in [6.45, 7) is 11.1. The van der Waals surface area contributed by atoms with E-state index in [4.69, 9.17) is 14.5 Å². The fourth-order valence-corrected chi connectivity index (χ4v) is 4.69. The Labute approximate surface area is 190 Å². The number of nitrogens with zero attached hydrogens (tertiary/aromatic N) is 4. The van der Waals surface area contributed by atoms with Crippen LogP contribution in [-0.4, -0.2) is 60.2 Å². The van der Waals surface area contributed by atoms with Crippen LogP contribution >= 0.6 is 0 Å². The Morgan fingerprint density at radius 1 is 1.19 bits per heavy atom. The lowest BCUT2D eigenvalue weighted by Gasteiger charge is -2.39. The number of aromatic nitrogens is 2. The summed E-state index contributed by atoms with van der Waals surface area (Å²) in [6, 6.07) is 10.6. The second-order valence-electron chi connectivity index (χ2n) is 9.21. The summed E-state index contributed by atoms with van der Waals surface area (Å²) in [5.41, 5.74) is 1.17. The third-order valence-electron chi connectivity index (χ3n) is 6.34. The van der Waals surface area contributed by atoms with E-state index in [2.05, 4.69) is 47.7 Å². The van der Waals surface area contributed by atoms with Gasteiger partial charge in [0.1, 0.15) is 23.5 Å². The number of hydrogen-bond acceptors (Lipinski definition) is 7. The minimum atomic E-state index is 0.121. The number of carbonyl (C=O) groups is 1. The number of ether oxygens (including phenoxy) is 2. The Morgan fingerprint density at radius 3 is 2.59 bits per heavy atom. The molecule has 7 heteroatoms. The Kier molecular flexibility index (Phi) is 6.94. The molecule has 0 N–H and O–H groups in total. The summed E-state index contributed by atoms with van der Waals surface area (Å²) in [6.07, 6.45) is 3.49. The van der Waals surface area contributed by atoms with E-state index in [0.717, 1.165) is 37.0 Å². The molecular formula is C25H34N4O3. The highest BCUT2D eigenvalue weighted by Gasteiger charge is 2.29. The Balaban J connectivity index is 1.37. The van der Waals surface area contributed by atoms with Crippen LogP contribution in [0.2, 0.25) is 0 Å². The minimum absolute atomic E-state index is 0.121. The third-order valence-corrected chi connectivity index (χ3v) is 6.34. The van der Waals surface area contributed by atoms with Gasteiger partial charge in [0.15, 0.2) is 0 Å². The first-order valence-electron chi connectivity index (χ1n) is 11.6. The lowest BCUT2D eigenvalue weighted by Crippen LogP contribution is -2.50. The van der Waals surface area contributed by atoms with Crippen molar-refractivity contribution >= 4 is 17.5 Å². The number of rotatable bonds is 7. The van der Waals surface area contributed by atoms with E-state index >= 15 is 0 Å². The molecule has 1 aromatic carbocycles. The number of ketones is 1. The number of Topliss-reactive ketones (excluding diaryl/α,β-unsaturated/α-hetero) is 1. The molecule has 0 amide bonds. The molecule has 2 fully saturated rings. The summed E-state index contributed by atoms with van der Waals surface area (Å²) in [7, 11) is 0. The number of benzene rings is 1. The van der Waals surface area contributed by atoms with E-state index in [9.17, 15) is 4.79 Å². The topological polar surface area (TPSA) is 67.8 Å². The molecule has 32 heavy (non-hydrogen) atoms. The molecule has 0 spiro atoms. The van der Waals surface area contributed by atoms with Crippen molar-refractivity contribution in [1.29, 1.82) is 0 Å². The standard InChI is InChI=1S/C25H34N4O3/c1-17(13-20(4)30)21-5-7-22(8-6-21)32-23-10-12-28(14-23)24-9-11-26-25(27-24)29-18(2)15-31-16-19(29)3/h5-9,11,17-19,23H,10,12-16H2,1-4H3/t17-,18-,19-,23-/m1/s1. The molecule has 4 atom stereocenters. The highest BCUT2D eigenvalue weighted by molar-refractivity contribution is 5.76. The first-order chi connectivity index (χ1) is 15.4. The number of morpholine rings is 1. The van der Waals surface area contributed by atoms with Crippen molar-refractivity contribution in [2.24, 2.45) is 0 Å². The molecular weight excluding hydrogens is 404 g/mol. The zero-order valence-electron chi connectivity index (χ0n) is 19.5. The second-order valence-corrected chi connectivity index (χ2v) is 9.21. The fraction of sp³-hybridized carbons (Fsp3) is 0.560. The molecule has 0 saturated carbocycles. The van der Waals surface area contributed by atoms with Crippen LogP contribution in [-0.2, 0) is 9.53 Å². The first kappa shape index (κ1) is 22.5. The maximum absolute atomic E-state index is 11.4. The van der Waals surface area contributed by atoms with E-state index in [-0.39, 0.29) is 29.9 Å². The largest absolute Gasteiger partial charge is 0.489 e. The van der Waals surface area contributed by atoms with Gasteiger partial charge in [-0.1, -0.05) is 19.1 Å². The highest BCUT2D eigenvalue weighted by atomic mass is 16.5. The zero-order valence-corrected chi connectivity index (χ0v) is 19.5. The van der Waals surface area contributed by atoms with Crippen LogP contribution < -0.4 is 14.5 Å². The summed E-state index contributed by atoms with van der Waals surface area (Å²) >= 11 is 0. The molecule has 2 aromatic rings. The normalized spacial score (nSPS) is 24.4. The van der Waals surface area contributed by atoms with Crippen LogP contribution in [0.4, 0.5) is 11.8 Å². The van der Waals surface area contributed by atoms with Gasteiger partial charge in [0.25, 0.3) is 0 Å². The molecule has 3 heterocycles. The smallest absolute Gasteiger partial charge is 0.227 e. The van der Waals surface area contributed by atoms with E-state index in [1.165, 1.54) is 5.56 Å². The first-order valence-corrected chi connectivity index (χ1v) is 11.6.